The van der Waals surface area contributed by atoms with Crippen LogP contribution >= 0.6 is 0 Å². The number of aliphatic imine (C=N–C) groups is 1. The molecule has 2 atom stereocenters. The van der Waals surface area contributed by atoms with Crippen molar-refractivity contribution in [2.24, 2.45) is 10.4 Å². The fourth-order valence-corrected chi connectivity index (χ4v) is 4.49. The maximum atomic E-state index is 13.2. The number of para-hydroxylation sites is 1. The Morgan fingerprint density at radius 1 is 1.26 bits per heavy atom. The zero-order chi connectivity index (χ0) is 22.4. The Bertz CT molecular complexity index is 1090. The third-order valence-corrected chi connectivity index (χ3v) is 5.89. The fourth-order valence-electron chi connectivity index (χ4n) is 4.49. The molecule has 164 valence electrons. The second-order valence-corrected chi connectivity index (χ2v) is 9.42. The molecule has 0 spiro atoms. The average Bonchev–Trinajstić information content (AvgIpc) is 3.10. The maximum absolute atomic E-state index is 13.2. The Morgan fingerprint density at radius 3 is 2.65 bits per heavy atom. The van der Waals surface area contributed by atoms with Crippen molar-refractivity contribution in [3.05, 3.63) is 47.7 Å². The first kappa shape index (κ1) is 21.2. The molecule has 7 nitrogen and oxygen atoms in total. The number of carbonyl (C=O) groups excluding carboxylic acids is 2. The van der Waals surface area contributed by atoms with Gasteiger partial charge in [-0.2, -0.15) is 0 Å². The van der Waals surface area contributed by atoms with Crippen molar-refractivity contribution in [2.75, 3.05) is 20.2 Å². The van der Waals surface area contributed by atoms with Gasteiger partial charge in [-0.05, 0) is 44.9 Å². The number of carbonyl (C=O) groups is 2. The van der Waals surface area contributed by atoms with E-state index < -0.39 is 17.0 Å². The van der Waals surface area contributed by atoms with Crippen LogP contribution in [-0.4, -0.2) is 53.5 Å². The number of rotatable bonds is 2. The van der Waals surface area contributed by atoms with Crippen molar-refractivity contribution in [3.63, 3.8) is 0 Å². The number of H-pyrrole nitrogens is 1. The van der Waals surface area contributed by atoms with Crippen LogP contribution in [0.3, 0.4) is 0 Å². The molecule has 2 aromatic rings. The zero-order valence-corrected chi connectivity index (χ0v) is 18.7. The third-order valence-electron chi connectivity index (χ3n) is 5.89. The number of nitrogens with zero attached hydrogens (tertiary/aromatic N) is 2. The summed E-state index contributed by atoms with van der Waals surface area (Å²) in [5.74, 6) is -0.461. The largest absolute Gasteiger partial charge is 0.464 e. The van der Waals surface area contributed by atoms with Crippen molar-refractivity contribution < 1.29 is 19.1 Å². The lowest BCUT2D eigenvalue weighted by Crippen LogP contribution is -2.49. The highest BCUT2D eigenvalue weighted by molar-refractivity contribution is 6.41. The number of esters is 1. The lowest BCUT2D eigenvalue weighted by Gasteiger charge is -2.45. The van der Waals surface area contributed by atoms with Crippen molar-refractivity contribution in [3.8, 4) is 0 Å². The normalized spacial score (nSPS) is 23.3. The molecule has 4 rings (SSSR count). The van der Waals surface area contributed by atoms with E-state index in [0.717, 1.165) is 17.6 Å². The number of hydrogen-bond donors (Lipinski definition) is 1. The molecule has 0 fully saturated rings. The van der Waals surface area contributed by atoms with Crippen LogP contribution in [0.25, 0.3) is 10.9 Å². The smallest absolute Gasteiger partial charge is 0.410 e. The minimum atomic E-state index is -0.595. The van der Waals surface area contributed by atoms with E-state index in [1.165, 1.54) is 18.1 Å². The van der Waals surface area contributed by atoms with Gasteiger partial charge in [0.1, 0.15) is 11.3 Å². The summed E-state index contributed by atoms with van der Waals surface area (Å²) in [6.07, 6.45) is 4.05. The number of hydrogen-bond acceptors (Lipinski definition) is 5. The van der Waals surface area contributed by atoms with Gasteiger partial charge in [-0.15, -0.1) is 0 Å². The van der Waals surface area contributed by atoms with Crippen LogP contribution in [-0.2, 0) is 20.7 Å². The van der Waals surface area contributed by atoms with E-state index in [9.17, 15) is 9.59 Å². The van der Waals surface area contributed by atoms with Gasteiger partial charge in [-0.3, -0.25) is 9.89 Å². The summed E-state index contributed by atoms with van der Waals surface area (Å²) in [6.45, 7) is 8.57. The molecular formula is C24H29N3O4. The first-order valence-corrected chi connectivity index (χ1v) is 10.5. The molecule has 0 radical (unpaired) electrons. The van der Waals surface area contributed by atoms with Gasteiger partial charge in [-0.1, -0.05) is 31.2 Å². The second-order valence-electron chi connectivity index (χ2n) is 9.42. The molecule has 1 unspecified atom stereocenters. The van der Waals surface area contributed by atoms with E-state index in [4.69, 9.17) is 9.47 Å². The predicted octanol–water partition coefficient (Wildman–Crippen LogP) is 4.19. The van der Waals surface area contributed by atoms with Crippen LogP contribution < -0.4 is 0 Å². The molecule has 0 bridgehead atoms. The summed E-state index contributed by atoms with van der Waals surface area (Å²) in [5, 5.41) is 1.17. The minimum absolute atomic E-state index is 0.288. The van der Waals surface area contributed by atoms with E-state index in [2.05, 4.69) is 29.0 Å². The predicted molar refractivity (Wildman–Crippen MR) is 119 cm³/mol. The standard InChI is InChI=1S/C24H29N3O4/c1-23(2,3)31-22(29)27-13-11-16-15-8-6-7-9-17(15)26-19(16)20(27)24(4)12-10-18(25-14-24)21(28)30-5/h6-10,12,20,26H,11,13-14H2,1-5H3/t20-,24?/m1/s1. The quantitative estimate of drug-likeness (QED) is 0.734. The number of ether oxygens (including phenoxy) is 2. The Balaban J connectivity index is 1.78. The van der Waals surface area contributed by atoms with Gasteiger partial charge in [-0.25, -0.2) is 9.59 Å². The lowest BCUT2D eigenvalue weighted by molar-refractivity contribution is -0.132. The molecule has 1 aromatic heterocycles. The van der Waals surface area contributed by atoms with Crippen molar-refractivity contribution in [1.82, 2.24) is 9.88 Å². The number of aromatic amines is 1. The van der Waals surface area contributed by atoms with Crippen molar-refractivity contribution >= 4 is 28.7 Å². The average molecular weight is 424 g/mol. The van der Waals surface area contributed by atoms with Gasteiger partial charge in [0, 0.05) is 28.6 Å². The molecule has 0 aliphatic carbocycles. The summed E-state index contributed by atoms with van der Waals surface area (Å²) in [7, 11) is 1.34. The highest BCUT2D eigenvalue weighted by Crippen LogP contribution is 2.46. The number of aromatic nitrogens is 1. The molecule has 0 saturated carbocycles. The van der Waals surface area contributed by atoms with Gasteiger partial charge in [0.15, 0.2) is 0 Å². The minimum Gasteiger partial charge on any atom is -0.464 e. The molecule has 0 saturated heterocycles. The zero-order valence-electron chi connectivity index (χ0n) is 18.7. The molecule has 2 aliphatic rings. The highest BCUT2D eigenvalue weighted by Gasteiger charge is 2.46. The molecule has 1 amide bonds. The number of amides is 1. The van der Waals surface area contributed by atoms with Crippen LogP contribution in [0.5, 0.6) is 0 Å². The Labute approximate surface area is 182 Å². The first-order valence-electron chi connectivity index (χ1n) is 10.5. The van der Waals surface area contributed by atoms with Gasteiger partial charge in [0.2, 0.25) is 0 Å². The van der Waals surface area contributed by atoms with Gasteiger partial charge in [0.25, 0.3) is 0 Å². The molecule has 2 aliphatic heterocycles. The topological polar surface area (TPSA) is 84.0 Å². The Kier molecular flexibility index (Phi) is 5.15. The van der Waals surface area contributed by atoms with Gasteiger partial charge < -0.3 is 14.5 Å². The SMILES string of the molecule is COC(=O)C1=NCC(C)([C@H]2c3[nH]c4ccccc4c3CCN2C(=O)OC(C)(C)C)C=C1. The highest BCUT2D eigenvalue weighted by atomic mass is 16.6. The van der Waals surface area contributed by atoms with Crippen LogP contribution in [0.1, 0.15) is 45.0 Å². The third kappa shape index (κ3) is 3.84. The monoisotopic (exact) mass is 423 g/mol. The van der Waals surface area contributed by atoms with E-state index in [0.29, 0.717) is 13.1 Å². The van der Waals surface area contributed by atoms with E-state index in [1.807, 2.05) is 39.0 Å². The summed E-state index contributed by atoms with van der Waals surface area (Å²) < 4.78 is 10.6. The van der Waals surface area contributed by atoms with Crippen LogP contribution in [0.15, 0.2) is 41.4 Å². The van der Waals surface area contributed by atoms with Crippen LogP contribution in [0, 0.1) is 5.41 Å². The summed E-state index contributed by atoms with van der Waals surface area (Å²) in [6, 6.07) is 7.88. The molecule has 31 heavy (non-hydrogen) atoms. The first-order chi connectivity index (χ1) is 14.6. The summed E-state index contributed by atoms with van der Waals surface area (Å²) in [4.78, 5) is 35.0. The van der Waals surface area contributed by atoms with Crippen LogP contribution in [0.4, 0.5) is 4.79 Å². The van der Waals surface area contributed by atoms with Crippen LogP contribution in [0.2, 0.25) is 0 Å². The van der Waals surface area contributed by atoms with E-state index in [-0.39, 0.29) is 17.8 Å². The number of nitrogens with one attached hydrogen (secondary N) is 1. The maximum Gasteiger partial charge on any atom is 0.410 e. The lowest BCUT2D eigenvalue weighted by atomic mass is 9.75. The second kappa shape index (κ2) is 7.55. The molecular weight excluding hydrogens is 394 g/mol. The van der Waals surface area contributed by atoms with Gasteiger partial charge in [0.05, 0.1) is 19.7 Å². The number of methoxy groups -OCH3 is 1. The fraction of sp³-hybridized carbons (Fsp3) is 0.458. The van der Waals surface area contributed by atoms with Crippen molar-refractivity contribution in [2.45, 2.75) is 45.8 Å². The molecule has 1 N–H and O–H groups in total. The summed E-state index contributed by atoms with van der Waals surface area (Å²) >= 11 is 0. The Hall–Kier alpha value is -3.09. The van der Waals surface area contributed by atoms with E-state index >= 15 is 0 Å². The number of fused-ring (bicyclic) bond motifs is 3. The van der Waals surface area contributed by atoms with E-state index in [1.54, 1.807) is 11.0 Å². The summed E-state index contributed by atoms with van der Waals surface area (Å²) in [5.41, 5.74) is 2.44. The van der Waals surface area contributed by atoms with Gasteiger partial charge >= 0.3 is 12.1 Å². The number of benzene rings is 1. The van der Waals surface area contributed by atoms with Crippen molar-refractivity contribution in [1.29, 1.82) is 0 Å². The Morgan fingerprint density at radius 2 is 2.00 bits per heavy atom. The molecule has 7 heteroatoms. The number of dihydropyridines is 1. The molecule has 3 heterocycles. The molecule has 1 aromatic carbocycles.